The summed E-state index contributed by atoms with van der Waals surface area (Å²) in [5, 5.41) is 7.21. The molecule has 1 saturated heterocycles. The fourth-order valence-corrected chi connectivity index (χ4v) is 4.83. The number of nitrogens with zero attached hydrogens (tertiary/aromatic N) is 4. The zero-order valence-electron chi connectivity index (χ0n) is 19.0. The number of benzene rings is 1. The molecule has 1 amide bonds. The summed E-state index contributed by atoms with van der Waals surface area (Å²) in [5.74, 6) is 1.89. The first-order chi connectivity index (χ1) is 15.9. The highest BCUT2D eigenvalue weighted by Crippen LogP contribution is 2.48. The first kappa shape index (κ1) is 21.3. The van der Waals surface area contributed by atoms with Crippen LogP contribution in [0.2, 0.25) is 0 Å². The highest BCUT2D eigenvalue weighted by Gasteiger charge is 2.46. The molecule has 33 heavy (non-hydrogen) atoms. The van der Waals surface area contributed by atoms with Gasteiger partial charge in [0.25, 0.3) is 6.04 Å². The number of H-pyrrole nitrogens is 1. The normalized spacial score (nSPS) is 22.4. The van der Waals surface area contributed by atoms with Crippen LogP contribution >= 0.6 is 0 Å². The van der Waals surface area contributed by atoms with E-state index in [1.165, 1.54) is 0 Å². The molecule has 0 saturated carbocycles. The molecule has 2 aromatic rings. The Labute approximate surface area is 192 Å². The topological polar surface area (TPSA) is 93.4 Å². The number of hydrogen-bond acceptors (Lipinski definition) is 6. The minimum atomic E-state index is -0.525. The molecular weight excluding hydrogens is 422 g/mol. The zero-order valence-corrected chi connectivity index (χ0v) is 19.0. The Morgan fingerprint density at radius 1 is 1.24 bits per heavy atom. The van der Waals surface area contributed by atoms with Crippen molar-refractivity contribution in [3.63, 3.8) is 0 Å². The predicted molar refractivity (Wildman–Crippen MR) is 121 cm³/mol. The van der Waals surface area contributed by atoms with Crippen molar-refractivity contribution in [3.8, 4) is 11.5 Å². The summed E-state index contributed by atoms with van der Waals surface area (Å²) in [7, 11) is 0. The van der Waals surface area contributed by atoms with Crippen molar-refractivity contribution in [3.05, 3.63) is 46.9 Å². The number of amides is 1. The average Bonchev–Trinajstić information content (AvgIpc) is 3.46. The molecule has 2 unspecified atom stereocenters. The molecule has 3 aliphatic rings. The van der Waals surface area contributed by atoms with Crippen LogP contribution in [0.5, 0.6) is 11.5 Å². The third-order valence-corrected chi connectivity index (χ3v) is 6.31. The van der Waals surface area contributed by atoms with Gasteiger partial charge in [-0.1, -0.05) is 12.1 Å². The third-order valence-electron chi connectivity index (χ3n) is 6.31. The highest BCUT2D eigenvalue weighted by atomic mass is 16.7. The number of carbonyl (C=O) groups is 1. The molecule has 0 radical (unpaired) electrons. The van der Waals surface area contributed by atoms with E-state index in [9.17, 15) is 4.79 Å². The molecule has 0 bridgehead atoms. The van der Waals surface area contributed by atoms with Crippen molar-refractivity contribution >= 4 is 17.6 Å². The quantitative estimate of drug-likeness (QED) is 0.691. The first-order valence-electron chi connectivity index (χ1n) is 11.2. The van der Waals surface area contributed by atoms with Crippen LogP contribution in [0.3, 0.4) is 0 Å². The molecule has 0 spiro atoms. The number of hydrogen-bond donors (Lipinski definition) is 1. The smallest absolute Gasteiger partial charge is 0.410 e. The summed E-state index contributed by atoms with van der Waals surface area (Å²) in [5.41, 5.74) is 2.11. The summed E-state index contributed by atoms with van der Waals surface area (Å²) in [6.07, 6.45) is 2.91. The Morgan fingerprint density at radius 2 is 2.03 bits per heavy atom. The second-order valence-electron chi connectivity index (χ2n) is 9.58. The number of aromatic nitrogens is 2. The Kier molecular flexibility index (Phi) is 5.23. The maximum Gasteiger partial charge on any atom is 0.410 e. The second kappa shape index (κ2) is 8.10. The van der Waals surface area contributed by atoms with Crippen LogP contribution in [-0.4, -0.2) is 58.4 Å². The number of carbonyl (C=O) groups excluding carboxylic acids is 1. The summed E-state index contributed by atoms with van der Waals surface area (Å²) in [4.78, 5) is 23.1. The van der Waals surface area contributed by atoms with Crippen LogP contribution in [0.4, 0.5) is 10.6 Å². The maximum absolute atomic E-state index is 12.5. The van der Waals surface area contributed by atoms with Gasteiger partial charge in [0.05, 0.1) is 12.1 Å². The molecule has 1 aromatic carbocycles. The molecule has 5 rings (SSSR count). The fraction of sp³-hybridized carbons (Fsp3) is 0.500. The van der Waals surface area contributed by atoms with Gasteiger partial charge < -0.3 is 24.0 Å². The minimum Gasteiger partial charge on any atom is -0.454 e. The van der Waals surface area contributed by atoms with E-state index in [4.69, 9.17) is 25.8 Å². The van der Waals surface area contributed by atoms with E-state index < -0.39 is 11.6 Å². The Morgan fingerprint density at radius 3 is 2.76 bits per heavy atom. The lowest BCUT2D eigenvalue weighted by Gasteiger charge is -2.35. The molecule has 172 valence electrons. The number of aliphatic imine (C=N–C) groups is 1. The molecule has 9 nitrogen and oxygen atoms in total. The Balaban J connectivity index is 1.42. The van der Waals surface area contributed by atoms with Crippen molar-refractivity contribution in [2.75, 3.05) is 19.9 Å². The summed E-state index contributed by atoms with van der Waals surface area (Å²) < 4.78 is 16.9. The monoisotopic (exact) mass is 449 g/mol. The number of fused-ring (bicyclic) bond motifs is 2. The number of ether oxygens (including phenoxy) is 3. The van der Waals surface area contributed by atoms with Crippen LogP contribution < -0.4 is 9.47 Å². The second-order valence-corrected chi connectivity index (χ2v) is 9.58. The van der Waals surface area contributed by atoms with Gasteiger partial charge in [-0.05, 0) is 39.7 Å². The van der Waals surface area contributed by atoms with Crippen molar-refractivity contribution in [2.45, 2.75) is 51.2 Å². The minimum absolute atomic E-state index is 0.0932. The molecule has 0 aliphatic carbocycles. The van der Waals surface area contributed by atoms with Crippen molar-refractivity contribution in [1.82, 2.24) is 15.1 Å². The molecule has 1 N–H and O–H groups in total. The SMILES string of the molecule is [C-]#[N+]C1C(C2CCN(C(=O)OC(C)(C)C)CC2)=Nc2[nH]ncc2C1c1cccc2c1OCO2. The van der Waals surface area contributed by atoms with Crippen LogP contribution in [0.1, 0.15) is 50.7 Å². The molecule has 3 aliphatic heterocycles. The van der Waals surface area contributed by atoms with E-state index in [2.05, 4.69) is 15.0 Å². The van der Waals surface area contributed by atoms with Gasteiger partial charge in [-0.3, -0.25) is 5.10 Å². The lowest BCUT2D eigenvalue weighted by molar-refractivity contribution is 0.0201. The van der Waals surface area contributed by atoms with Gasteiger partial charge in [-0.15, -0.1) is 0 Å². The van der Waals surface area contributed by atoms with Crippen LogP contribution in [0.25, 0.3) is 4.85 Å². The molecule has 2 atom stereocenters. The van der Waals surface area contributed by atoms with Gasteiger partial charge in [0, 0.05) is 30.1 Å². The maximum atomic E-state index is 12.5. The van der Waals surface area contributed by atoms with E-state index in [-0.39, 0.29) is 24.7 Å². The van der Waals surface area contributed by atoms with Gasteiger partial charge >= 0.3 is 6.09 Å². The van der Waals surface area contributed by atoms with E-state index in [0.717, 1.165) is 29.7 Å². The Bertz CT molecular complexity index is 1130. The predicted octanol–water partition coefficient (Wildman–Crippen LogP) is 4.29. The molecule has 1 fully saturated rings. The first-order valence-corrected chi connectivity index (χ1v) is 11.2. The van der Waals surface area contributed by atoms with Gasteiger partial charge in [0.2, 0.25) is 6.79 Å². The number of rotatable bonds is 2. The summed E-state index contributed by atoms with van der Waals surface area (Å²) in [6.45, 7) is 15.0. The van der Waals surface area contributed by atoms with Gasteiger partial charge in [0.15, 0.2) is 17.3 Å². The average molecular weight is 450 g/mol. The number of aromatic amines is 1. The van der Waals surface area contributed by atoms with Crippen molar-refractivity contribution in [1.29, 1.82) is 0 Å². The van der Waals surface area contributed by atoms with Crippen molar-refractivity contribution in [2.24, 2.45) is 10.9 Å². The van der Waals surface area contributed by atoms with Crippen molar-refractivity contribution < 1.29 is 19.0 Å². The lowest BCUT2D eigenvalue weighted by atomic mass is 9.76. The van der Waals surface area contributed by atoms with E-state index in [1.54, 1.807) is 11.1 Å². The molecular formula is C24H27N5O4. The van der Waals surface area contributed by atoms with Crippen LogP contribution in [-0.2, 0) is 4.74 Å². The standard InChI is InChI=1S/C24H27N5O4/c1-24(2,3)33-23(30)29-10-8-14(9-11-29)19-20(25-4)18(16-12-26-28-22(16)27-19)15-6-5-7-17-21(15)32-13-31-17/h5-7,12,14,18,20H,8-11,13H2,1-3H3,(H,26,28). The van der Waals surface area contributed by atoms with Gasteiger partial charge in [-0.25, -0.2) is 16.4 Å². The zero-order chi connectivity index (χ0) is 23.2. The number of piperidine rings is 1. The van der Waals surface area contributed by atoms with E-state index >= 15 is 0 Å². The van der Waals surface area contributed by atoms with Crippen LogP contribution in [0.15, 0.2) is 29.4 Å². The lowest BCUT2D eigenvalue weighted by Crippen LogP contribution is -2.45. The van der Waals surface area contributed by atoms with Gasteiger partial charge in [0.1, 0.15) is 11.3 Å². The van der Waals surface area contributed by atoms with Crippen LogP contribution in [0, 0.1) is 12.5 Å². The molecule has 1 aromatic heterocycles. The number of likely N-dealkylation sites (tertiary alicyclic amines) is 1. The highest BCUT2D eigenvalue weighted by molar-refractivity contribution is 5.98. The number of nitrogens with one attached hydrogen (secondary N) is 1. The van der Waals surface area contributed by atoms with E-state index in [1.807, 2.05) is 39.0 Å². The fourth-order valence-electron chi connectivity index (χ4n) is 4.83. The largest absolute Gasteiger partial charge is 0.454 e. The Hall–Kier alpha value is -3.54. The number of para-hydroxylation sites is 1. The third kappa shape index (κ3) is 3.90. The molecule has 4 heterocycles. The summed E-state index contributed by atoms with van der Waals surface area (Å²) in [6, 6.07) is 5.30. The van der Waals surface area contributed by atoms with Gasteiger partial charge in [-0.2, -0.15) is 5.10 Å². The molecule has 9 heteroatoms. The van der Waals surface area contributed by atoms with E-state index in [0.29, 0.717) is 30.4 Å². The summed E-state index contributed by atoms with van der Waals surface area (Å²) >= 11 is 0.